The maximum absolute atomic E-state index is 11.6. The molecule has 5 heteroatoms. The summed E-state index contributed by atoms with van der Waals surface area (Å²) in [6, 6.07) is 0.201. The van der Waals surface area contributed by atoms with Crippen LogP contribution >= 0.6 is 0 Å². The van der Waals surface area contributed by atoms with Crippen LogP contribution in [0.15, 0.2) is 0 Å². The third kappa shape index (κ3) is 3.14. The van der Waals surface area contributed by atoms with E-state index in [1.807, 2.05) is 20.8 Å². The molecular formula is C13H24N2O3. The summed E-state index contributed by atoms with van der Waals surface area (Å²) < 4.78 is 11.1. The van der Waals surface area contributed by atoms with Crippen molar-refractivity contribution in [2.45, 2.75) is 70.1 Å². The van der Waals surface area contributed by atoms with E-state index >= 15 is 0 Å². The van der Waals surface area contributed by atoms with Crippen LogP contribution in [-0.2, 0) is 9.47 Å². The van der Waals surface area contributed by atoms with Crippen molar-refractivity contribution in [1.82, 2.24) is 10.9 Å². The quantitative estimate of drug-likeness (QED) is 0.743. The molecule has 1 saturated heterocycles. The van der Waals surface area contributed by atoms with Crippen molar-refractivity contribution >= 4 is 6.09 Å². The molecular weight excluding hydrogens is 232 g/mol. The minimum Gasteiger partial charge on any atom is -0.443 e. The second kappa shape index (κ2) is 5.05. The zero-order chi connectivity index (χ0) is 13.2. The van der Waals surface area contributed by atoms with Gasteiger partial charge in [0.05, 0.1) is 11.6 Å². The van der Waals surface area contributed by atoms with Gasteiger partial charge < -0.3 is 9.47 Å². The summed E-state index contributed by atoms with van der Waals surface area (Å²) in [5.74, 6) is 0. The van der Waals surface area contributed by atoms with E-state index in [2.05, 4.69) is 10.9 Å². The third-order valence-corrected chi connectivity index (χ3v) is 3.61. The fraction of sp³-hybridized carbons (Fsp3) is 0.923. The van der Waals surface area contributed by atoms with Crippen molar-refractivity contribution in [1.29, 1.82) is 0 Å². The number of hydrogen-bond acceptors (Lipinski definition) is 4. The number of carbonyl (C=O) groups excluding carboxylic acids is 1. The van der Waals surface area contributed by atoms with Gasteiger partial charge in [-0.3, -0.25) is 5.43 Å². The van der Waals surface area contributed by atoms with E-state index in [4.69, 9.17) is 9.47 Å². The molecule has 0 radical (unpaired) electrons. The zero-order valence-corrected chi connectivity index (χ0v) is 11.5. The summed E-state index contributed by atoms with van der Waals surface area (Å²) in [5, 5.41) is 0. The monoisotopic (exact) mass is 256 g/mol. The molecule has 18 heavy (non-hydrogen) atoms. The van der Waals surface area contributed by atoms with Crippen molar-refractivity contribution in [3.8, 4) is 0 Å². The highest BCUT2D eigenvalue weighted by atomic mass is 16.6. The van der Waals surface area contributed by atoms with Crippen molar-refractivity contribution in [2.24, 2.45) is 0 Å². The van der Waals surface area contributed by atoms with E-state index in [1.54, 1.807) is 0 Å². The number of nitrogens with one attached hydrogen (secondary N) is 2. The predicted octanol–water partition coefficient (Wildman–Crippen LogP) is 2.12. The first-order valence-corrected chi connectivity index (χ1v) is 6.80. The highest BCUT2D eigenvalue weighted by Crippen LogP contribution is 2.40. The Morgan fingerprint density at radius 2 is 2.06 bits per heavy atom. The number of rotatable bonds is 2. The second-order valence-corrected chi connectivity index (χ2v) is 6.23. The van der Waals surface area contributed by atoms with Gasteiger partial charge in [0.1, 0.15) is 5.60 Å². The third-order valence-electron chi connectivity index (χ3n) is 3.61. The lowest BCUT2D eigenvalue weighted by molar-refractivity contribution is -0.0163. The van der Waals surface area contributed by atoms with Gasteiger partial charge in [-0.2, -0.15) is 0 Å². The molecule has 1 aliphatic carbocycles. The maximum Gasteiger partial charge on any atom is 0.422 e. The Kier molecular flexibility index (Phi) is 3.82. The normalized spacial score (nSPS) is 31.8. The molecule has 2 N–H and O–H groups in total. The fourth-order valence-corrected chi connectivity index (χ4v) is 2.89. The van der Waals surface area contributed by atoms with E-state index in [-0.39, 0.29) is 11.6 Å². The van der Waals surface area contributed by atoms with Crippen LogP contribution in [-0.4, -0.2) is 29.9 Å². The largest absolute Gasteiger partial charge is 0.443 e. The Labute approximate surface area is 109 Å². The standard InChI is InChI=1S/C13H24N2O3/c1-12(2,3)18-11(16)15-14-10-6-4-7-13(10)8-5-9-17-13/h10,14H,4-9H2,1-3H3,(H,15,16)/t10?,13-/m1/s1. The average Bonchev–Trinajstić information content (AvgIpc) is 2.85. The Hall–Kier alpha value is -0.810. The van der Waals surface area contributed by atoms with Crippen molar-refractivity contribution in [2.75, 3.05) is 6.61 Å². The predicted molar refractivity (Wildman–Crippen MR) is 68.1 cm³/mol. The lowest BCUT2D eigenvalue weighted by Gasteiger charge is -2.31. The summed E-state index contributed by atoms with van der Waals surface area (Å²) in [5.41, 5.74) is 5.20. The molecule has 1 aliphatic heterocycles. The van der Waals surface area contributed by atoms with Crippen LogP contribution in [0.5, 0.6) is 0 Å². The van der Waals surface area contributed by atoms with E-state index in [1.165, 1.54) is 0 Å². The molecule has 1 spiro atoms. The SMILES string of the molecule is CC(C)(C)OC(=O)NNC1CCC[C@@]12CCCO2. The molecule has 2 rings (SSSR count). The van der Waals surface area contributed by atoms with Gasteiger partial charge in [0.25, 0.3) is 0 Å². The fourth-order valence-electron chi connectivity index (χ4n) is 2.89. The molecule has 0 aromatic rings. The van der Waals surface area contributed by atoms with Crippen LogP contribution in [0.25, 0.3) is 0 Å². The van der Waals surface area contributed by atoms with Gasteiger partial charge >= 0.3 is 6.09 Å². The highest BCUT2D eigenvalue weighted by molar-refractivity contribution is 5.67. The van der Waals surface area contributed by atoms with Crippen LogP contribution in [0.4, 0.5) is 4.79 Å². The molecule has 2 fully saturated rings. The summed E-state index contributed by atoms with van der Waals surface area (Å²) >= 11 is 0. The average molecular weight is 256 g/mol. The Bertz CT molecular complexity index is 300. The Morgan fingerprint density at radius 1 is 1.33 bits per heavy atom. The van der Waals surface area contributed by atoms with Gasteiger partial charge in [0.2, 0.25) is 0 Å². The number of amides is 1. The molecule has 0 bridgehead atoms. The molecule has 1 heterocycles. The minimum absolute atomic E-state index is 0.0605. The van der Waals surface area contributed by atoms with Gasteiger partial charge in [0.15, 0.2) is 0 Å². The lowest BCUT2D eigenvalue weighted by Crippen LogP contribution is -2.54. The molecule has 1 unspecified atom stereocenters. The Morgan fingerprint density at radius 3 is 2.67 bits per heavy atom. The van der Waals surface area contributed by atoms with Crippen molar-refractivity contribution < 1.29 is 14.3 Å². The zero-order valence-electron chi connectivity index (χ0n) is 11.5. The molecule has 0 aromatic carbocycles. The first kappa shape index (κ1) is 13.6. The number of ether oxygens (including phenoxy) is 2. The van der Waals surface area contributed by atoms with Crippen LogP contribution < -0.4 is 10.9 Å². The summed E-state index contributed by atoms with van der Waals surface area (Å²) in [6.45, 7) is 6.39. The molecule has 0 aromatic heterocycles. The smallest absolute Gasteiger partial charge is 0.422 e. The van der Waals surface area contributed by atoms with E-state index < -0.39 is 11.7 Å². The van der Waals surface area contributed by atoms with Crippen LogP contribution in [0.1, 0.15) is 52.9 Å². The summed E-state index contributed by atoms with van der Waals surface area (Å²) in [7, 11) is 0. The molecule has 2 aliphatic rings. The van der Waals surface area contributed by atoms with Crippen LogP contribution in [0, 0.1) is 0 Å². The maximum atomic E-state index is 11.6. The van der Waals surface area contributed by atoms with Gasteiger partial charge in [-0.15, -0.1) is 0 Å². The van der Waals surface area contributed by atoms with Gasteiger partial charge in [-0.1, -0.05) is 0 Å². The van der Waals surface area contributed by atoms with E-state index in [9.17, 15) is 4.79 Å². The molecule has 1 saturated carbocycles. The van der Waals surface area contributed by atoms with Gasteiger partial charge in [-0.05, 0) is 52.9 Å². The summed E-state index contributed by atoms with van der Waals surface area (Å²) in [4.78, 5) is 11.6. The molecule has 104 valence electrons. The summed E-state index contributed by atoms with van der Waals surface area (Å²) in [6.07, 6.45) is 5.04. The number of hydrazine groups is 1. The highest BCUT2D eigenvalue weighted by Gasteiger charge is 2.46. The molecule has 2 atom stereocenters. The van der Waals surface area contributed by atoms with Crippen molar-refractivity contribution in [3.05, 3.63) is 0 Å². The first-order chi connectivity index (χ1) is 8.41. The van der Waals surface area contributed by atoms with Gasteiger partial charge in [0, 0.05) is 6.61 Å². The lowest BCUT2D eigenvalue weighted by atomic mass is 9.94. The van der Waals surface area contributed by atoms with E-state index in [0.717, 1.165) is 38.7 Å². The van der Waals surface area contributed by atoms with Crippen LogP contribution in [0.3, 0.4) is 0 Å². The number of hydrogen-bond donors (Lipinski definition) is 2. The number of carbonyl (C=O) groups is 1. The topological polar surface area (TPSA) is 59.6 Å². The van der Waals surface area contributed by atoms with Crippen molar-refractivity contribution in [3.63, 3.8) is 0 Å². The first-order valence-electron chi connectivity index (χ1n) is 6.80. The molecule has 1 amide bonds. The van der Waals surface area contributed by atoms with Gasteiger partial charge in [-0.25, -0.2) is 10.2 Å². The minimum atomic E-state index is -0.469. The second-order valence-electron chi connectivity index (χ2n) is 6.23. The van der Waals surface area contributed by atoms with Crippen LogP contribution in [0.2, 0.25) is 0 Å². The molecule has 5 nitrogen and oxygen atoms in total. The van der Waals surface area contributed by atoms with E-state index in [0.29, 0.717) is 0 Å². The Balaban J connectivity index is 1.81.